The summed E-state index contributed by atoms with van der Waals surface area (Å²) in [5.74, 6) is 0.0980. The van der Waals surface area contributed by atoms with Crippen LogP contribution in [0.1, 0.15) is 22.8 Å². The molecule has 5 nitrogen and oxygen atoms in total. The summed E-state index contributed by atoms with van der Waals surface area (Å²) in [6.07, 6.45) is 3.77. The Hall–Kier alpha value is -2.63. The minimum atomic E-state index is -0.257. The Bertz CT molecular complexity index is 929. The highest BCUT2D eigenvalue weighted by molar-refractivity contribution is 6.42. The molecule has 3 aromatic rings. The van der Waals surface area contributed by atoms with Crippen molar-refractivity contribution in [3.63, 3.8) is 0 Å². The molecule has 0 aliphatic carbocycles. The lowest BCUT2D eigenvalue weighted by molar-refractivity contribution is 0.102. The first kappa shape index (κ1) is 18.2. The van der Waals surface area contributed by atoms with Crippen LogP contribution in [-0.2, 0) is 6.42 Å². The second kappa shape index (κ2) is 8.17. The average Bonchev–Trinajstić information content (AvgIpc) is 2.66. The van der Waals surface area contributed by atoms with Gasteiger partial charge in [0.15, 0.2) is 0 Å². The van der Waals surface area contributed by atoms with Gasteiger partial charge >= 0.3 is 0 Å². The number of benzene rings is 2. The van der Waals surface area contributed by atoms with Gasteiger partial charge in [-0.25, -0.2) is 9.97 Å². The molecule has 0 saturated heterocycles. The Morgan fingerprint density at radius 2 is 1.77 bits per heavy atom. The molecule has 1 aromatic heterocycles. The molecule has 0 radical (unpaired) electrons. The van der Waals surface area contributed by atoms with Crippen LogP contribution in [0.4, 0.5) is 17.3 Å². The van der Waals surface area contributed by atoms with Gasteiger partial charge in [-0.15, -0.1) is 0 Å². The zero-order chi connectivity index (χ0) is 18.5. The number of rotatable bonds is 5. The third kappa shape index (κ3) is 4.31. The van der Waals surface area contributed by atoms with Crippen molar-refractivity contribution in [3.8, 4) is 0 Å². The van der Waals surface area contributed by atoms with E-state index in [0.717, 1.165) is 17.7 Å². The molecule has 0 bridgehead atoms. The van der Waals surface area contributed by atoms with Crippen molar-refractivity contribution in [2.45, 2.75) is 13.3 Å². The van der Waals surface area contributed by atoms with Gasteiger partial charge in [0, 0.05) is 23.8 Å². The van der Waals surface area contributed by atoms with Crippen LogP contribution < -0.4 is 10.6 Å². The highest BCUT2D eigenvalue weighted by atomic mass is 35.5. The quantitative estimate of drug-likeness (QED) is 0.620. The number of carbonyl (C=O) groups excluding carboxylic acids is 1. The van der Waals surface area contributed by atoms with E-state index in [1.54, 1.807) is 18.2 Å². The molecule has 0 aliphatic heterocycles. The van der Waals surface area contributed by atoms with Crippen LogP contribution in [-0.4, -0.2) is 15.9 Å². The van der Waals surface area contributed by atoms with E-state index < -0.39 is 0 Å². The number of hydrogen-bond acceptors (Lipinski definition) is 4. The van der Waals surface area contributed by atoms with Crippen LogP contribution in [0, 0.1) is 0 Å². The van der Waals surface area contributed by atoms with Crippen molar-refractivity contribution in [1.29, 1.82) is 0 Å². The summed E-state index contributed by atoms with van der Waals surface area (Å²) in [7, 11) is 0. The van der Waals surface area contributed by atoms with Crippen LogP contribution >= 0.6 is 23.2 Å². The zero-order valence-electron chi connectivity index (χ0n) is 14.0. The van der Waals surface area contributed by atoms with Gasteiger partial charge in [0.25, 0.3) is 5.91 Å². The fraction of sp³-hybridized carbons (Fsp3) is 0.105. The number of para-hydroxylation sites is 1. The Morgan fingerprint density at radius 3 is 2.46 bits per heavy atom. The summed E-state index contributed by atoms with van der Waals surface area (Å²) < 4.78 is 0. The zero-order valence-corrected chi connectivity index (χ0v) is 15.5. The van der Waals surface area contributed by atoms with E-state index >= 15 is 0 Å². The lowest BCUT2D eigenvalue weighted by Gasteiger charge is -2.10. The van der Waals surface area contributed by atoms with Crippen LogP contribution in [0.5, 0.6) is 0 Å². The minimum Gasteiger partial charge on any atom is -0.324 e. The SMILES string of the molecule is CCc1ccccc1NC(=O)c1cnc(Nc2ccc(Cl)c(Cl)c2)nc1. The standard InChI is InChI=1S/C19H16Cl2N4O/c1-2-12-5-3-4-6-17(12)25-18(26)13-10-22-19(23-11-13)24-14-7-8-15(20)16(21)9-14/h3-11H,2H2,1H3,(H,25,26)(H,22,23,24). The summed E-state index contributed by atoms with van der Waals surface area (Å²) in [4.78, 5) is 20.7. The maximum Gasteiger partial charge on any atom is 0.258 e. The number of aryl methyl sites for hydroxylation is 1. The molecule has 7 heteroatoms. The summed E-state index contributed by atoms with van der Waals surface area (Å²) >= 11 is 11.9. The normalized spacial score (nSPS) is 10.4. The number of aromatic nitrogens is 2. The summed E-state index contributed by atoms with van der Waals surface area (Å²) in [5, 5.41) is 6.80. The van der Waals surface area contributed by atoms with Crippen molar-refractivity contribution in [2.75, 3.05) is 10.6 Å². The Morgan fingerprint density at radius 1 is 1.04 bits per heavy atom. The third-order valence-electron chi connectivity index (χ3n) is 3.74. The third-order valence-corrected chi connectivity index (χ3v) is 4.48. The molecule has 0 saturated carbocycles. The van der Waals surface area contributed by atoms with Gasteiger partial charge in [0.2, 0.25) is 5.95 Å². The monoisotopic (exact) mass is 386 g/mol. The molecule has 3 rings (SSSR count). The summed E-state index contributed by atoms with van der Waals surface area (Å²) in [6, 6.07) is 12.8. The Balaban J connectivity index is 1.70. The van der Waals surface area contributed by atoms with E-state index in [4.69, 9.17) is 23.2 Å². The maximum absolute atomic E-state index is 12.4. The van der Waals surface area contributed by atoms with Gasteiger partial charge in [0.1, 0.15) is 0 Å². The van der Waals surface area contributed by atoms with Crippen molar-refractivity contribution in [1.82, 2.24) is 9.97 Å². The number of anilines is 3. The largest absolute Gasteiger partial charge is 0.324 e. The van der Waals surface area contributed by atoms with Gasteiger partial charge in [-0.2, -0.15) is 0 Å². The second-order valence-corrected chi connectivity index (χ2v) is 6.33. The molecule has 2 N–H and O–H groups in total. The van der Waals surface area contributed by atoms with Crippen LogP contribution in [0.25, 0.3) is 0 Å². The van der Waals surface area contributed by atoms with E-state index in [0.29, 0.717) is 27.2 Å². The van der Waals surface area contributed by atoms with Crippen molar-refractivity contribution in [2.24, 2.45) is 0 Å². The fourth-order valence-electron chi connectivity index (χ4n) is 2.36. The number of amides is 1. The van der Waals surface area contributed by atoms with Crippen LogP contribution in [0.2, 0.25) is 10.0 Å². The van der Waals surface area contributed by atoms with Gasteiger partial charge in [-0.1, -0.05) is 48.3 Å². The van der Waals surface area contributed by atoms with Crippen molar-refractivity contribution >= 4 is 46.4 Å². The topological polar surface area (TPSA) is 66.9 Å². The van der Waals surface area contributed by atoms with Gasteiger partial charge in [-0.3, -0.25) is 4.79 Å². The number of carbonyl (C=O) groups is 1. The molecule has 0 aliphatic rings. The molecule has 132 valence electrons. The van der Waals surface area contributed by atoms with E-state index in [1.165, 1.54) is 12.4 Å². The van der Waals surface area contributed by atoms with Gasteiger partial charge in [0.05, 0.1) is 15.6 Å². The molecule has 0 spiro atoms. The molecule has 0 atom stereocenters. The van der Waals surface area contributed by atoms with Gasteiger partial charge < -0.3 is 10.6 Å². The molecule has 26 heavy (non-hydrogen) atoms. The molecule has 0 unspecified atom stereocenters. The first-order valence-corrected chi connectivity index (χ1v) is 8.76. The second-order valence-electron chi connectivity index (χ2n) is 5.51. The predicted octanol–water partition coefficient (Wildman–Crippen LogP) is 5.34. The molecular weight excluding hydrogens is 371 g/mol. The van der Waals surface area contributed by atoms with E-state index in [9.17, 15) is 4.79 Å². The Kier molecular flexibility index (Phi) is 5.71. The summed E-state index contributed by atoms with van der Waals surface area (Å²) in [5.41, 5.74) is 2.93. The molecule has 0 fully saturated rings. The van der Waals surface area contributed by atoms with E-state index in [1.807, 2.05) is 31.2 Å². The highest BCUT2D eigenvalue weighted by Gasteiger charge is 2.10. The number of hydrogen-bond donors (Lipinski definition) is 2. The summed E-state index contributed by atoms with van der Waals surface area (Å²) in [6.45, 7) is 2.04. The van der Waals surface area contributed by atoms with Crippen molar-refractivity contribution < 1.29 is 4.79 Å². The lowest BCUT2D eigenvalue weighted by atomic mass is 10.1. The first-order chi connectivity index (χ1) is 12.6. The minimum absolute atomic E-state index is 0.257. The molecule has 2 aromatic carbocycles. The van der Waals surface area contributed by atoms with Crippen LogP contribution in [0.15, 0.2) is 54.9 Å². The number of nitrogens with zero attached hydrogens (tertiary/aromatic N) is 2. The Labute approximate surface area is 161 Å². The number of nitrogens with one attached hydrogen (secondary N) is 2. The molecular formula is C19H16Cl2N4O. The molecule has 1 heterocycles. The van der Waals surface area contributed by atoms with E-state index in [-0.39, 0.29) is 5.91 Å². The average molecular weight is 387 g/mol. The van der Waals surface area contributed by atoms with Crippen molar-refractivity contribution in [3.05, 3.63) is 76.0 Å². The van der Waals surface area contributed by atoms with Gasteiger partial charge in [-0.05, 0) is 36.2 Å². The predicted molar refractivity (Wildman–Crippen MR) is 106 cm³/mol. The number of halogens is 2. The smallest absolute Gasteiger partial charge is 0.258 e. The van der Waals surface area contributed by atoms with Crippen LogP contribution in [0.3, 0.4) is 0 Å². The first-order valence-electron chi connectivity index (χ1n) is 8.00. The molecule has 1 amide bonds. The lowest BCUT2D eigenvalue weighted by Crippen LogP contribution is -2.14. The van der Waals surface area contributed by atoms with E-state index in [2.05, 4.69) is 20.6 Å². The highest BCUT2D eigenvalue weighted by Crippen LogP contribution is 2.26. The maximum atomic E-state index is 12.4. The fourth-order valence-corrected chi connectivity index (χ4v) is 2.66.